The van der Waals surface area contributed by atoms with Crippen molar-refractivity contribution in [3.05, 3.63) is 12.0 Å². The average Bonchev–Trinajstić information content (AvgIpc) is 2.82. The lowest BCUT2D eigenvalue weighted by molar-refractivity contribution is 0.138. The zero-order chi connectivity index (χ0) is 15.0. The maximum absolute atomic E-state index is 6.01. The summed E-state index contributed by atoms with van der Waals surface area (Å²) in [5, 5.41) is 5.02. The van der Waals surface area contributed by atoms with Crippen LogP contribution in [-0.4, -0.2) is 62.8 Å². The molecule has 7 nitrogen and oxygen atoms in total. The largest absolute Gasteiger partial charge is 0.383 e. The minimum Gasteiger partial charge on any atom is -0.383 e. The van der Waals surface area contributed by atoms with E-state index in [0.29, 0.717) is 11.9 Å². The predicted octanol–water partition coefficient (Wildman–Crippen LogP) is 0.472. The van der Waals surface area contributed by atoms with Gasteiger partial charge in [0.05, 0.1) is 18.1 Å². The Morgan fingerprint density at radius 2 is 2.00 bits per heavy atom. The molecular weight excluding hydrogens is 266 g/mol. The molecule has 0 atom stereocenters. The van der Waals surface area contributed by atoms with Crippen molar-refractivity contribution in [2.45, 2.75) is 25.4 Å². The van der Waals surface area contributed by atoms with Crippen molar-refractivity contribution in [3.63, 3.8) is 0 Å². The molecule has 2 aromatic heterocycles. The first kappa shape index (κ1) is 14.2. The molecule has 1 aliphatic heterocycles. The van der Waals surface area contributed by atoms with Gasteiger partial charge in [0.15, 0.2) is 5.65 Å². The van der Waals surface area contributed by atoms with Crippen molar-refractivity contribution in [2.75, 3.05) is 32.9 Å². The molecule has 0 unspecified atom stereocenters. The Labute approximate surface area is 124 Å². The van der Waals surface area contributed by atoms with Crippen LogP contribution in [0.3, 0.4) is 0 Å². The third-order valence-corrected chi connectivity index (χ3v) is 4.32. The van der Waals surface area contributed by atoms with E-state index in [4.69, 9.17) is 5.73 Å². The van der Waals surface area contributed by atoms with E-state index >= 15 is 0 Å². The number of hydrogen-bond acceptors (Lipinski definition) is 6. The Hall–Kier alpha value is -1.73. The molecule has 2 N–H and O–H groups in total. The molecule has 0 radical (unpaired) electrons. The van der Waals surface area contributed by atoms with Gasteiger partial charge >= 0.3 is 0 Å². The lowest BCUT2D eigenvalue weighted by Gasteiger charge is -2.34. The normalized spacial score (nSPS) is 17.9. The van der Waals surface area contributed by atoms with Gasteiger partial charge < -0.3 is 10.6 Å². The van der Waals surface area contributed by atoms with Gasteiger partial charge in [0, 0.05) is 26.2 Å². The molecule has 0 aliphatic carbocycles. The van der Waals surface area contributed by atoms with Crippen LogP contribution in [0.4, 0.5) is 5.82 Å². The molecule has 3 rings (SSSR count). The molecule has 2 aromatic rings. The number of piperidine rings is 1. The first-order valence-corrected chi connectivity index (χ1v) is 7.37. The second-order valence-electron chi connectivity index (χ2n) is 6.00. The van der Waals surface area contributed by atoms with E-state index in [1.807, 2.05) is 7.05 Å². The van der Waals surface area contributed by atoms with Gasteiger partial charge in [-0.1, -0.05) is 0 Å². The fraction of sp³-hybridized carbons (Fsp3) is 0.643. The molecule has 0 bridgehead atoms. The highest BCUT2D eigenvalue weighted by Crippen LogP contribution is 2.19. The number of nitrogen functional groups attached to an aromatic ring is 1. The van der Waals surface area contributed by atoms with Crippen LogP contribution < -0.4 is 5.73 Å². The van der Waals surface area contributed by atoms with Gasteiger partial charge in [-0.25, -0.2) is 9.97 Å². The number of nitrogens with zero attached hydrogens (tertiary/aromatic N) is 6. The van der Waals surface area contributed by atoms with Crippen molar-refractivity contribution in [2.24, 2.45) is 7.05 Å². The van der Waals surface area contributed by atoms with E-state index in [-0.39, 0.29) is 0 Å². The summed E-state index contributed by atoms with van der Waals surface area (Å²) in [6.45, 7) is 2.91. The smallest absolute Gasteiger partial charge is 0.163 e. The van der Waals surface area contributed by atoms with Crippen molar-refractivity contribution in [3.8, 4) is 0 Å². The first-order chi connectivity index (χ1) is 10.0. The summed E-state index contributed by atoms with van der Waals surface area (Å²) in [4.78, 5) is 13.7. The highest BCUT2D eigenvalue weighted by Gasteiger charge is 2.21. The van der Waals surface area contributed by atoms with Crippen molar-refractivity contribution >= 4 is 16.9 Å². The van der Waals surface area contributed by atoms with E-state index in [2.05, 4.69) is 39.0 Å². The summed E-state index contributed by atoms with van der Waals surface area (Å²) < 4.78 is 1.75. The van der Waals surface area contributed by atoms with Gasteiger partial charge in [-0.2, -0.15) is 5.10 Å². The average molecular weight is 289 g/mol. The number of aryl methyl sites for hydroxylation is 1. The van der Waals surface area contributed by atoms with Gasteiger partial charge in [-0.15, -0.1) is 0 Å². The highest BCUT2D eigenvalue weighted by molar-refractivity contribution is 5.84. The molecule has 0 aromatic carbocycles. The van der Waals surface area contributed by atoms with Crippen LogP contribution >= 0.6 is 0 Å². The Kier molecular flexibility index (Phi) is 3.77. The molecule has 1 fully saturated rings. The van der Waals surface area contributed by atoms with Crippen LogP contribution in [0.5, 0.6) is 0 Å². The molecule has 21 heavy (non-hydrogen) atoms. The van der Waals surface area contributed by atoms with Gasteiger partial charge in [0.2, 0.25) is 0 Å². The first-order valence-electron chi connectivity index (χ1n) is 7.37. The summed E-state index contributed by atoms with van der Waals surface area (Å²) in [5.41, 5.74) is 6.81. The molecule has 1 aliphatic rings. The van der Waals surface area contributed by atoms with E-state index in [1.54, 1.807) is 10.9 Å². The summed E-state index contributed by atoms with van der Waals surface area (Å²) in [7, 11) is 6.18. The van der Waals surface area contributed by atoms with Crippen LogP contribution in [0.2, 0.25) is 0 Å². The maximum atomic E-state index is 6.01. The summed E-state index contributed by atoms with van der Waals surface area (Å²) in [6.07, 6.45) is 4.10. The Morgan fingerprint density at radius 3 is 2.67 bits per heavy atom. The highest BCUT2D eigenvalue weighted by atomic mass is 15.3. The van der Waals surface area contributed by atoms with Gasteiger partial charge in [-0.3, -0.25) is 9.58 Å². The number of fused-ring (bicyclic) bond motifs is 1. The number of hydrogen-bond donors (Lipinski definition) is 1. The van der Waals surface area contributed by atoms with Crippen LogP contribution in [0.1, 0.15) is 18.7 Å². The maximum Gasteiger partial charge on any atom is 0.163 e. The Balaban J connectivity index is 1.72. The zero-order valence-corrected chi connectivity index (χ0v) is 13.0. The van der Waals surface area contributed by atoms with Crippen LogP contribution in [0.25, 0.3) is 11.0 Å². The van der Waals surface area contributed by atoms with E-state index < -0.39 is 0 Å². The standard InChI is InChI=1S/C14H23N7/c1-19(2)10-4-6-21(7-5-10)9-12-17-13(15)11-8-16-20(3)14(11)18-12/h8,10H,4-7,9H2,1-3H3,(H2,15,17,18). The van der Waals surface area contributed by atoms with Gasteiger partial charge in [-0.05, 0) is 26.9 Å². The van der Waals surface area contributed by atoms with Crippen molar-refractivity contribution in [1.29, 1.82) is 0 Å². The monoisotopic (exact) mass is 289 g/mol. The lowest BCUT2D eigenvalue weighted by Crippen LogP contribution is -2.41. The molecule has 1 saturated heterocycles. The molecule has 0 saturated carbocycles. The number of anilines is 1. The van der Waals surface area contributed by atoms with Crippen LogP contribution in [0.15, 0.2) is 6.20 Å². The number of nitrogens with two attached hydrogens (primary N) is 1. The third kappa shape index (κ3) is 2.84. The molecule has 0 amide bonds. The fourth-order valence-corrected chi connectivity index (χ4v) is 2.96. The topological polar surface area (TPSA) is 76.1 Å². The lowest BCUT2D eigenvalue weighted by atomic mass is 10.0. The van der Waals surface area contributed by atoms with Gasteiger partial charge in [0.1, 0.15) is 11.6 Å². The molecule has 114 valence electrons. The zero-order valence-electron chi connectivity index (χ0n) is 13.0. The summed E-state index contributed by atoms with van der Waals surface area (Å²) in [6, 6.07) is 0.687. The number of rotatable bonds is 3. The van der Waals surface area contributed by atoms with E-state index in [1.165, 1.54) is 12.8 Å². The van der Waals surface area contributed by atoms with Crippen LogP contribution in [-0.2, 0) is 13.6 Å². The van der Waals surface area contributed by atoms with Gasteiger partial charge in [0.25, 0.3) is 0 Å². The third-order valence-electron chi connectivity index (χ3n) is 4.32. The second-order valence-corrected chi connectivity index (χ2v) is 6.00. The Morgan fingerprint density at radius 1 is 1.29 bits per heavy atom. The second kappa shape index (κ2) is 5.57. The fourth-order valence-electron chi connectivity index (χ4n) is 2.96. The van der Waals surface area contributed by atoms with E-state index in [0.717, 1.165) is 36.5 Å². The quantitative estimate of drug-likeness (QED) is 0.885. The molecular formula is C14H23N7. The molecule has 3 heterocycles. The summed E-state index contributed by atoms with van der Waals surface area (Å²) in [5.74, 6) is 1.30. The molecule has 7 heteroatoms. The molecule has 0 spiro atoms. The van der Waals surface area contributed by atoms with Crippen molar-refractivity contribution in [1.82, 2.24) is 29.5 Å². The Bertz CT molecular complexity index is 626. The number of aromatic nitrogens is 4. The van der Waals surface area contributed by atoms with Crippen molar-refractivity contribution < 1.29 is 0 Å². The minimum atomic E-state index is 0.520. The SMILES string of the molecule is CN(C)C1CCN(Cc2nc(N)c3cnn(C)c3n2)CC1. The summed E-state index contributed by atoms with van der Waals surface area (Å²) >= 11 is 0. The minimum absolute atomic E-state index is 0.520. The predicted molar refractivity (Wildman–Crippen MR) is 82.7 cm³/mol. The van der Waals surface area contributed by atoms with E-state index in [9.17, 15) is 0 Å². The number of likely N-dealkylation sites (tertiary alicyclic amines) is 1. The van der Waals surface area contributed by atoms with Crippen LogP contribution in [0, 0.1) is 0 Å².